The molecule has 0 aromatic carbocycles. The van der Waals surface area contributed by atoms with E-state index in [1.165, 1.54) is 20.8 Å². The number of thiol groups is 2. The number of esters is 1. The quantitative estimate of drug-likeness (QED) is 0.0502. The van der Waals surface area contributed by atoms with Crippen molar-refractivity contribution in [3.8, 4) is 0 Å². The monoisotopic (exact) mass is 579 g/mol. The predicted octanol–water partition coefficient (Wildman–Crippen LogP) is -4.37. The molecule has 0 unspecified atom stereocenters. The molecule has 0 aromatic rings. The van der Waals surface area contributed by atoms with E-state index in [1.54, 1.807) is 0 Å². The van der Waals surface area contributed by atoms with Gasteiger partial charge in [0.1, 0.15) is 18.6 Å². The molecule has 7 amide bonds. The van der Waals surface area contributed by atoms with E-state index in [9.17, 15) is 38.4 Å². The Labute approximate surface area is 229 Å². The van der Waals surface area contributed by atoms with Crippen LogP contribution in [0.25, 0.3) is 0 Å². The average Bonchev–Trinajstić information content (AvgIpc) is 2.84. The van der Waals surface area contributed by atoms with Gasteiger partial charge in [0.25, 0.3) is 0 Å². The first-order valence-corrected chi connectivity index (χ1v) is 12.3. The molecule has 0 aliphatic carbocycles. The van der Waals surface area contributed by atoms with Gasteiger partial charge in [-0.05, 0) is 0 Å². The highest BCUT2D eigenvalue weighted by Crippen LogP contribution is 1.99. The third kappa shape index (κ3) is 15.5. The first kappa shape index (κ1) is 34.5. The van der Waals surface area contributed by atoms with Gasteiger partial charge in [0, 0.05) is 32.3 Å². The normalized spacial score (nSPS) is 11.6. The van der Waals surface area contributed by atoms with Crippen molar-refractivity contribution >= 4 is 72.6 Å². The van der Waals surface area contributed by atoms with Gasteiger partial charge < -0.3 is 41.5 Å². The number of carbonyl (C=O) groups is 8. The van der Waals surface area contributed by atoms with Gasteiger partial charge in [-0.15, -0.1) is 0 Å². The Kier molecular flexibility index (Phi) is 16.9. The van der Waals surface area contributed by atoms with Crippen LogP contribution < -0.4 is 31.9 Å². The van der Waals surface area contributed by atoms with Crippen molar-refractivity contribution in [2.24, 2.45) is 0 Å². The van der Waals surface area contributed by atoms with Gasteiger partial charge in [-0.25, -0.2) is 0 Å². The number of nitrogens with zero attached hydrogens (tertiary/aromatic N) is 1. The number of carbonyl (C=O) groups excluding carboxylic acids is 8. The minimum absolute atomic E-state index is 0.104. The Morgan fingerprint density at radius 2 is 1.21 bits per heavy atom. The number of hydrogen-bond acceptors (Lipinski definition) is 11. The van der Waals surface area contributed by atoms with Crippen LogP contribution in [0.4, 0.5) is 0 Å². The smallest absolute Gasteiger partial charge is 0.327 e. The second-order valence-corrected chi connectivity index (χ2v) is 8.28. The Balaban J connectivity index is 5.03. The van der Waals surface area contributed by atoms with Gasteiger partial charge in [-0.3, -0.25) is 38.4 Å². The van der Waals surface area contributed by atoms with Crippen molar-refractivity contribution in [2.45, 2.75) is 32.9 Å². The maximum atomic E-state index is 12.9. The molecule has 0 aromatic heterocycles. The van der Waals surface area contributed by atoms with Gasteiger partial charge >= 0.3 is 5.97 Å². The summed E-state index contributed by atoms with van der Waals surface area (Å²) in [4.78, 5) is 95.4. The molecule has 0 saturated carbocycles. The van der Waals surface area contributed by atoms with Crippen LogP contribution in [-0.4, -0.2) is 109 Å². The van der Waals surface area contributed by atoms with Gasteiger partial charge in [0.15, 0.2) is 6.73 Å². The highest BCUT2D eigenvalue weighted by Gasteiger charge is 2.28. The molecule has 0 heterocycles. The molecule has 214 valence electrons. The molecule has 0 spiro atoms. The molecule has 2 atom stereocenters. The molecule has 18 heteroatoms. The van der Waals surface area contributed by atoms with Crippen LogP contribution in [-0.2, 0) is 43.1 Å². The molecular weight excluding hydrogens is 546 g/mol. The summed E-state index contributed by atoms with van der Waals surface area (Å²) in [6.07, 6.45) is 0. The summed E-state index contributed by atoms with van der Waals surface area (Å²) in [7, 11) is 0. The predicted molar refractivity (Wildman–Crippen MR) is 138 cm³/mol. The minimum Gasteiger partial charge on any atom is -0.443 e. The molecule has 0 aliphatic heterocycles. The van der Waals surface area contributed by atoms with Gasteiger partial charge in [0.05, 0.1) is 19.8 Å². The van der Waals surface area contributed by atoms with Crippen molar-refractivity contribution in [1.29, 1.82) is 0 Å². The topological polar surface area (TPSA) is 221 Å². The van der Waals surface area contributed by atoms with Crippen LogP contribution in [0.5, 0.6) is 0 Å². The van der Waals surface area contributed by atoms with Crippen molar-refractivity contribution in [3.63, 3.8) is 0 Å². The molecule has 0 saturated heterocycles. The molecule has 0 aliphatic rings. The lowest BCUT2D eigenvalue weighted by atomic mass is 10.2. The van der Waals surface area contributed by atoms with Crippen molar-refractivity contribution < 1.29 is 43.1 Å². The van der Waals surface area contributed by atoms with Crippen LogP contribution in [0.1, 0.15) is 20.8 Å². The summed E-state index contributed by atoms with van der Waals surface area (Å²) < 4.78 is 4.80. The zero-order chi connectivity index (χ0) is 29.3. The van der Waals surface area contributed by atoms with Crippen LogP contribution >= 0.6 is 25.3 Å². The molecule has 0 fully saturated rings. The molecule has 38 heavy (non-hydrogen) atoms. The summed E-state index contributed by atoms with van der Waals surface area (Å²) in [5, 5.41) is 13.9. The summed E-state index contributed by atoms with van der Waals surface area (Å²) in [5.41, 5.74) is 0. The Morgan fingerprint density at radius 1 is 0.711 bits per heavy atom. The first-order valence-electron chi connectivity index (χ1n) is 11.1. The highest BCUT2D eigenvalue weighted by molar-refractivity contribution is 7.80. The van der Waals surface area contributed by atoms with E-state index in [1.807, 2.05) is 0 Å². The van der Waals surface area contributed by atoms with E-state index in [0.717, 1.165) is 4.90 Å². The SMILES string of the molecule is CC(=O)NCOC(=O)CN(CNC(C)=O)C(=O)[C@@H](CS)NC(=O)CNC(=O)[C@@H](CS)NC(=O)CNC(C)=O. The van der Waals surface area contributed by atoms with Crippen LogP contribution in [0, 0.1) is 0 Å². The van der Waals surface area contributed by atoms with Crippen LogP contribution in [0.2, 0.25) is 0 Å². The Bertz CT molecular complexity index is 904. The summed E-state index contributed by atoms with van der Waals surface area (Å²) in [5.74, 6) is -5.54. The fraction of sp³-hybridized carbons (Fsp3) is 0.600. The number of rotatable bonds is 16. The fourth-order valence-electron chi connectivity index (χ4n) is 2.42. The molecular formula is C20H33N7O9S2. The number of nitrogens with one attached hydrogen (secondary N) is 6. The summed E-state index contributed by atoms with van der Waals surface area (Å²) in [6, 6.07) is -2.36. The van der Waals surface area contributed by atoms with E-state index >= 15 is 0 Å². The van der Waals surface area contributed by atoms with Crippen molar-refractivity contribution in [1.82, 2.24) is 36.8 Å². The Hall–Kier alpha value is -3.54. The van der Waals surface area contributed by atoms with Gasteiger partial charge in [0.2, 0.25) is 41.4 Å². The standard InChI is InChI=1S/C20H33N7O9S2/c1-11(28)21-4-16(31)25-14(7-37)19(34)22-5-17(32)26-15(8-38)20(35)27(9-23-12(2)29)6-18(33)36-10-24-13(3)30/h14-15,37-38H,4-10H2,1-3H3,(H,21,28)(H,22,34)(H,23,29)(H,24,30)(H,25,31)(H,26,32)/t14-,15-/m1/s1. The average molecular weight is 580 g/mol. The van der Waals surface area contributed by atoms with E-state index in [0.29, 0.717) is 0 Å². The highest BCUT2D eigenvalue weighted by atomic mass is 32.1. The third-order valence-electron chi connectivity index (χ3n) is 4.28. The van der Waals surface area contributed by atoms with Crippen LogP contribution in [0.15, 0.2) is 0 Å². The van der Waals surface area contributed by atoms with E-state index in [-0.39, 0.29) is 24.7 Å². The molecule has 0 rings (SSSR count). The van der Waals surface area contributed by atoms with E-state index in [2.05, 4.69) is 57.2 Å². The maximum Gasteiger partial charge on any atom is 0.327 e. The molecule has 0 radical (unpaired) electrons. The number of amides is 7. The van der Waals surface area contributed by atoms with E-state index < -0.39 is 79.2 Å². The second-order valence-electron chi connectivity index (χ2n) is 7.55. The minimum atomic E-state index is -1.25. The maximum absolute atomic E-state index is 12.9. The van der Waals surface area contributed by atoms with Crippen molar-refractivity contribution in [3.05, 3.63) is 0 Å². The zero-order valence-corrected chi connectivity index (χ0v) is 22.9. The second kappa shape index (κ2) is 18.7. The number of ether oxygens (including phenoxy) is 1. The third-order valence-corrected chi connectivity index (χ3v) is 5.01. The fourth-order valence-corrected chi connectivity index (χ4v) is 2.93. The first-order chi connectivity index (χ1) is 17.8. The molecule has 0 bridgehead atoms. The van der Waals surface area contributed by atoms with Crippen molar-refractivity contribution in [2.75, 3.05) is 44.5 Å². The number of hydrogen-bond donors (Lipinski definition) is 8. The summed E-state index contributed by atoms with van der Waals surface area (Å²) in [6.45, 7) is 1.27. The summed E-state index contributed by atoms with van der Waals surface area (Å²) >= 11 is 8.03. The zero-order valence-electron chi connectivity index (χ0n) is 21.1. The van der Waals surface area contributed by atoms with Gasteiger partial charge in [-0.1, -0.05) is 0 Å². The van der Waals surface area contributed by atoms with E-state index in [4.69, 9.17) is 4.74 Å². The molecule has 6 N–H and O–H groups in total. The Morgan fingerprint density at radius 3 is 1.71 bits per heavy atom. The van der Waals surface area contributed by atoms with Gasteiger partial charge in [-0.2, -0.15) is 25.3 Å². The molecule has 16 nitrogen and oxygen atoms in total. The lowest BCUT2D eigenvalue weighted by Gasteiger charge is -2.26. The lowest BCUT2D eigenvalue weighted by molar-refractivity contribution is -0.151. The van der Waals surface area contributed by atoms with Crippen LogP contribution in [0.3, 0.4) is 0 Å². The largest absolute Gasteiger partial charge is 0.443 e. The lowest BCUT2D eigenvalue weighted by Crippen LogP contribution is -2.56.